The number of hydrogen-bond acceptors (Lipinski definition) is 3. The maximum atomic E-state index is 10.5. The molecule has 3 N–H and O–H groups in total. The van der Waals surface area contributed by atoms with Crippen LogP contribution in [0.25, 0.3) is 0 Å². The third-order valence-corrected chi connectivity index (χ3v) is 1.86. The van der Waals surface area contributed by atoms with Gasteiger partial charge in [0.1, 0.15) is 11.9 Å². The largest absolute Gasteiger partial charge is 0.480 e. The molecule has 0 radical (unpaired) electrons. The molecule has 5 heteroatoms. The number of nitrogens with two attached hydrogens (primary N) is 1. The summed E-state index contributed by atoms with van der Waals surface area (Å²) in [6.07, 6.45) is 3.73. The Balaban J connectivity index is 2.68. The number of imidazole rings is 1. The lowest BCUT2D eigenvalue weighted by atomic mass is 10.2. The van der Waals surface area contributed by atoms with E-state index in [-0.39, 0.29) is 6.42 Å². The smallest absolute Gasteiger partial charge is 0.320 e. The summed E-state index contributed by atoms with van der Waals surface area (Å²) in [5.74, 6) is -0.275. The van der Waals surface area contributed by atoms with Gasteiger partial charge in [-0.15, -0.1) is 0 Å². The van der Waals surface area contributed by atoms with E-state index < -0.39 is 12.0 Å². The molecule has 72 valence electrons. The van der Waals surface area contributed by atoms with Gasteiger partial charge in [-0.2, -0.15) is 0 Å². The topological polar surface area (TPSA) is 81.1 Å². The van der Waals surface area contributed by atoms with Crippen molar-refractivity contribution in [1.82, 2.24) is 9.55 Å². The minimum Gasteiger partial charge on any atom is -0.480 e. The average Bonchev–Trinajstić information content (AvgIpc) is 2.51. The molecule has 1 aromatic rings. The molecule has 0 bridgehead atoms. The fourth-order valence-corrected chi connectivity index (χ4v) is 1.10. The number of rotatable bonds is 4. The fraction of sp³-hybridized carbons (Fsp3) is 0.500. The van der Waals surface area contributed by atoms with Crippen molar-refractivity contribution in [2.24, 2.45) is 5.73 Å². The quantitative estimate of drug-likeness (QED) is 0.680. The molecule has 0 spiro atoms. The van der Waals surface area contributed by atoms with Gasteiger partial charge in [-0.1, -0.05) is 0 Å². The Morgan fingerprint density at radius 2 is 2.54 bits per heavy atom. The number of nitrogens with zero attached hydrogens (tertiary/aromatic N) is 2. The van der Waals surface area contributed by atoms with Crippen molar-refractivity contribution in [3.63, 3.8) is 0 Å². The summed E-state index contributed by atoms with van der Waals surface area (Å²) in [7, 11) is 0. The van der Waals surface area contributed by atoms with E-state index in [9.17, 15) is 4.79 Å². The highest BCUT2D eigenvalue weighted by Crippen LogP contribution is 2.00. The van der Waals surface area contributed by atoms with Crippen LogP contribution in [0.3, 0.4) is 0 Å². The van der Waals surface area contributed by atoms with Crippen LogP contribution < -0.4 is 5.73 Å². The summed E-state index contributed by atoms with van der Waals surface area (Å²) < 4.78 is 1.88. The number of hydrogen-bond donors (Lipinski definition) is 2. The van der Waals surface area contributed by atoms with Crippen LogP contribution in [-0.4, -0.2) is 26.7 Å². The van der Waals surface area contributed by atoms with Crippen molar-refractivity contribution in [2.45, 2.75) is 25.9 Å². The Hall–Kier alpha value is -1.36. The van der Waals surface area contributed by atoms with Crippen LogP contribution in [0.5, 0.6) is 0 Å². The molecule has 0 fully saturated rings. The molecule has 1 atom stereocenters. The lowest BCUT2D eigenvalue weighted by Crippen LogP contribution is -2.33. The molecule has 0 aliphatic rings. The molecule has 0 unspecified atom stereocenters. The molecular formula is C8H13N3O2. The summed E-state index contributed by atoms with van der Waals surface area (Å²) >= 11 is 0. The van der Waals surface area contributed by atoms with E-state index in [4.69, 9.17) is 10.8 Å². The summed E-state index contributed by atoms with van der Waals surface area (Å²) in [6, 6.07) is -0.868. The Bertz CT molecular complexity index is 295. The van der Waals surface area contributed by atoms with E-state index >= 15 is 0 Å². The van der Waals surface area contributed by atoms with Crippen molar-refractivity contribution in [3.8, 4) is 0 Å². The van der Waals surface area contributed by atoms with E-state index in [1.165, 1.54) is 0 Å². The molecule has 1 heterocycles. The fourth-order valence-electron chi connectivity index (χ4n) is 1.10. The van der Waals surface area contributed by atoms with Crippen molar-refractivity contribution in [2.75, 3.05) is 0 Å². The van der Waals surface area contributed by atoms with Gasteiger partial charge in [0, 0.05) is 25.4 Å². The van der Waals surface area contributed by atoms with Gasteiger partial charge in [-0.25, -0.2) is 4.98 Å². The Labute approximate surface area is 76.2 Å². The first kappa shape index (κ1) is 9.73. The van der Waals surface area contributed by atoms with E-state index in [2.05, 4.69) is 4.98 Å². The first-order valence-corrected chi connectivity index (χ1v) is 4.13. The van der Waals surface area contributed by atoms with Gasteiger partial charge < -0.3 is 15.4 Å². The third-order valence-electron chi connectivity index (χ3n) is 1.86. The lowest BCUT2D eigenvalue weighted by Gasteiger charge is -2.07. The van der Waals surface area contributed by atoms with Crippen molar-refractivity contribution < 1.29 is 9.90 Å². The minimum absolute atomic E-state index is 0.274. The van der Waals surface area contributed by atoms with Gasteiger partial charge in [0.05, 0.1) is 0 Å². The Morgan fingerprint density at radius 1 is 1.85 bits per heavy atom. The summed E-state index contributed by atoms with van der Waals surface area (Å²) in [5, 5.41) is 8.58. The number of carboxylic acids is 1. The highest BCUT2D eigenvalue weighted by molar-refractivity contribution is 5.73. The van der Waals surface area contributed by atoms with Gasteiger partial charge in [-0.3, -0.25) is 4.79 Å². The van der Waals surface area contributed by atoms with Crippen LogP contribution in [0, 0.1) is 0 Å². The zero-order valence-electron chi connectivity index (χ0n) is 7.47. The second-order valence-corrected chi connectivity index (χ2v) is 2.78. The van der Waals surface area contributed by atoms with Crippen LogP contribution in [0.15, 0.2) is 12.4 Å². The molecule has 1 rings (SSSR count). The monoisotopic (exact) mass is 183 g/mol. The van der Waals surface area contributed by atoms with E-state index in [1.54, 1.807) is 6.20 Å². The number of aliphatic carboxylic acids is 1. The Morgan fingerprint density at radius 3 is 3.08 bits per heavy atom. The molecule has 0 saturated carbocycles. The zero-order valence-corrected chi connectivity index (χ0v) is 7.47. The van der Waals surface area contributed by atoms with Crippen LogP contribution in [0.1, 0.15) is 12.7 Å². The zero-order chi connectivity index (χ0) is 9.84. The number of aromatic nitrogens is 2. The molecule has 0 saturated heterocycles. The van der Waals surface area contributed by atoms with Crippen molar-refractivity contribution in [1.29, 1.82) is 0 Å². The lowest BCUT2D eigenvalue weighted by molar-refractivity contribution is -0.138. The number of aryl methyl sites for hydroxylation is 1. The first-order chi connectivity index (χ1) is 6.15. The maximum absolute atomic E-state index is 10.5. The summed E-state index contributed by atoms with van der Waals surface area (Å²) in [5.41, 5.74) is 5.38. The normalized spacial score (nSPS) is 12.8. The van der Waals surface area contributed by atoms with Gasteiger partial charge in [0.15, 0.2) is 0 Å². The highest BCUT2D eigenvalue weighted by Gasteiger charge is 2.14. The number of carboxylic acid groups (broad SMARTS) is 1. The molecular weight excluding hydrogens is 170 g/mol. The van der Waals surface area contributed by atoms with Crippen LogP contribution in [0.4, 0.5) is 0 Å². The molecule has 13 heavy (non-hydrogen) atoms. The second kappa shape index (κ2) is 4.04. The minimum atomic E-state index is -0.995. The molecule has 0 aliphatic heterocycles. The summed E-state index contributed by atoms with van der Waals surface area (Å²) in [6.45, 7) is 2.75. The van der Waals surface area contributed by atoms with E-state index in [0.717, 1.165) is 12.4 Å². The summed E-state index contributed by atoms with van der Waals surface area (Å²) in [4.78, 5) is 14.5. The van der Waals surface area contributed by atoms with Gasteiger partial charge >= 0.3 is 5.97 Å². The van der Waals surface area contributed by atoms with Gasteiger partial charge in [0.25, 0.3) is 0 Å². The molecule has 1 aromatic heterocycles. The molecule has 0 aromatic carbocycles. The van der Waals surface area contributed by atoms with Gasteiger partial charge in [-0.05, 0) is 6.92 Å². The average molecular weight is 183 g/mol. The van der Waals surface area contributed by atoms with Crippen LogP contribution in [-0.2, 0) is 17.8 Å². The predicted molar refractivity (Wildman–Crippen MR) is 47.2 cm³/mol. The van der Waals surface area contributed by atoms with E-state index in [1.807, 2.05) is 17.7 Å². The van der Waals surface area contributed by atoms with Crippen LogP contribution in [0.2, 0.25) is 0 Å². The standard InChI is InChI=1S/C8H13N3O2/c1-2-11-4-3-10-7(11)5-6(9)8(12)13/h3-4,6H,2,5,9H2,1H3,(H,12,13)/t6-/m0/s1. The highest BCUT2D eigenvalue weighted by atomic mass is 16.4. The molecule has 5 nitrogen and oxygen atoms in total. The number of carbonyl (C=O) groups is 1. The van der Waals surface area contributed by atoms with Crippen LogP contribution >= 0.6 is 0 Å². The Kier molecular flexibility index (Phi) is 3.02. The first-order valence-electron chi connectivity index (χ1n) is 4.13. The second-order valence-electron chi connectivity index (χ2n) is 2.78. The van der Waals surface area contributed by atoms with Crippen molar-refractivity contribution in [3.05, 3.63) is 18.2 Å². The maximum Gasteiger partial charge on any atom is 0.320 e. The van der Waals surface area contributed by atoms with Crippen molar-refractivity contribution >= 4 is 5.97 Å². The van der Waals surface area contributed by atoms with Gasteiger partial charge in [0.2, 0.25) is 0 Å². The van der Waals surface area contributed by atoms with E-state index in [0.29, 0.717) is 0 Å². The third kappa shape index (κ3) is 2.29. The molecule has 0 amide bonds. The molecule has 0 aliphatic carbocycles. The SMILES string of the molecule is CCn1ccnc1C[C@H](N)C(=O)O. The predicted octanol–water partition coefficient (Wildman–Crippen LogP) is -0.143.